The van der Waals surface area contributed by atoms with E-state index in [0.717, 1.165) is 25.7 Å². The van der Waals surface area contributed by atoms with E-state index in [1.807, 2.05) is 21.7 Å². The molecule has 2 fully saturated rings. The molecule has 6 nitrogen and oxygen atoms in total. The van der Waals surface area contributed by atoms with Crippen molar-refractivity contribution < 1.29 is 19.1 Å². The predicted molar refractivity (Wildman–Crippen MR) is 79.6 cm³/mol. The van der Waals surface area contributed by atoms with Gasteiger partial charge in [-0.1, -0.05) is 0 Å². The number of likely N-dealkylation sites (tertiary alicyclic amines) is 1. The smallest absolute Gasteiger partial charge is 0.354 e. The normalized spacial score (nSPS) is 22.8. The van der Waals surface area contributed by atoms with Gasteiger partial charge in [-0.25, -0.2) is 4.79 Å². The fourth-order valence-electron chi connectivity index (χ4n) is 3.33. The number of esters is 1. The van der Waals surface area contributed by atoms with Gasteiger partial charge in [0.25, 0.3) is 5.91 Å². The highest BCUT2D eigenvalue weighted by atomic mass is 16.5. The van der Waals surface area contributed by atoms with Gasteiger partial charge in [-0.15, -0.1) is 0 Å². The van der Waals surface area contributed by atoms with Crippen LogP contribution in [-0.2, 0) is 14.3 Å². The van der Waals surface area contributed by atoms with Crippen LogP contribution in [0.1, 0.15) is 42.2 Å². The lowest BCUT2D eigenvalue weighted by atomic mass is 10.0. The summed E-state index contributed by atoms with van der Waals surface area (Å²) in [6.45, 7) is 2.11. The zero-order chi connectivity index (χ0) is 15.5. The molecule has 2 saturated heterocycles. The van der Waals surface area contributed by atoms with Crippen LogP contribution in [0.5, 0.6) is 0 Å². The SMILES string of the molecule is COC(=O)c1cccn1C1CCN(C(=O)[C@@H]2CCCO2)CC1. The molecule has 3 heterocycles. The lowest BCUT2D eigenvalue weighted by molar-refractivity contribution is -0.142. The highest BCUT2D eigenvalue weighted by molar-refractivity contribution is 5.87. The molecule has 0 bridgehead atoms. The molecule has 1 aromatic rings. The third-order valence-corrected chi connectivity index (χ3v) is 4.55. The van der Waals surface area contributed by atoms with Gasteiger partial charge in [-0.2, -0.15) is 0 Å². The number of rotatable bonds is 3. The van der Waals surface area contributed by atoms with Crippen molar-refractivity contribution in [3.63, 3.8) is 0 Å². The van der Waals surface area contributed by atoms with E-state index in [1.165, 1.54) is 7.11 Å². The van der Waals surface area contributed by atoms with Crippen molar-refractivity contribution in [3.8, 4) is 0 Å². The topological polar surface area (TPSA) is 60.8 Å². The molecule has 0 aromatic carbocycles. The average molecular weight is 306 g/mol. The van der Waals surface area contributed by atoms with Crippen LogP contribution in [0.3, 0.4) is 0 Å². The zero-order valence-electron chi connectivity index (χ0n) is 12.9. The molecule has 0 saturated carbocycles. The van der Waals surface area contributed by atoms with Gasteiger partial charge in [0.2, 0.25) is 0 Å². The Bertz CT molecular complexity index is 540. The second-order valence-corrected chi connectivity index (χ2v) is 5.85. The van der Waals surface area contributed by atoms with E-state index < -0.39 is 0 Å². The molecule has 0 aliphatic carbocycles. The van der Waals surface area contributed by atoms with Gasteiger partial charge >= 0.3 is 5.97 Å². The maximum Gasteiger partial charge on any atom is 0.354 e. The van der Waals surface area contributed by atoms with Gasteiger partial charge in [0, 0.05) is 31.9 Å². The van der Waals surface area contributed by atoms with E-state index >= 15 is 0 Å². The highest BCUT2D eigenvalue weighted by Gasteiger charge is 2.31. The third-order valence-electron chi connectivity index (χ3n) is 4.55. The molecular formula is C16H22N2O4. The van der Waals surface area contributed by atoms with E-state index in [1.54, 1.807) is 6.07 Å². The molecule has 0 spiro atoms. The zero-order valence-corrected chi connectivity index (χ0v) is 12.9. The summed E-state index contributed by atoms with van der Waals surface area (Å²) in [5.41, 5.74) is 0.575. The number of aromatic nitrogens is 1. The molecule has 0 unspecified atom stereocenters. The Balaban J connectivity index is 1.61. The first kappa shape index (κ1) is 15.1. The van der Waals surface area contributed by atoms with Gasteiger partial charge in [-0.3, -0.25) is 4.79 Å². The van der Waals surface area contributed by atoms with E-state index in [9.17, 15) is 9.59 Å². The minimum Gasteiger partial charge on any atom is -0.464 e. The third kappa shape index (κ3) is 2.88. The molecule has 3 rings (SSSR count). The molecular weight excluding hydrogens is 284 g/mol. The number of methoxy groups -OCH3 is 1. The summed E-state index contributed by atoms with van der Waals surface area (Å²) >= 11 is 0. The Kier molecular flexibility index (Phi) is 4.47. The summed E-state index contributed by atoms with van der Waals surface area (Å²) in [5, 5.41) is 0. The van der Waals surface area contributed by atoms with E-state index in [2.05, 4.69) is 0 Å². The molecule has 2 aliphatic heterocycles. The van der Waals surface area contributed by atoms with E-state index in [0.29, 0.717) is 25.4 Å². The van der Waals surface area contributed by atoms with Crippen molar-refractivity contribution in [2.45, 2.75) is 37.8 Å². The number of nitrogens with zero attached hydrogens (tertiary/aromatic N) is 2. The lowest BCUT2D eigenvalue weighted by Gasteiger charge is -2.34. The Morgan fingerprint density at radius 2 is 2.05 bits per heavy atom. The second kappa shape index (κ2) is 6.52. The molecule has 2 aliphatic rings. The number of carbonyl (C=O) groups is 2. The second-order valence-electron chi connectivity index (χ2n) is 5.85. The van der Waals surface area contributed by atoms with Crippen LogP contribution < -0.4 is 0 Å². The number of ether oxygens (including phenoxy) is 2. The van der Waals surface area contributed by atoms with Crippen LogP contribution in [0.15, 0.2) is 18.3 Å². The van der Waals surface area contributed by atoms with E-state index in [4.69, 9.17) is 9.47 Å². The molecule has 1 atom stereocenters. The number of hydrogen-bond acceptors (Lipinski definition) is 4. The largest absolute Gasteiger partial charge is 0.464 e. The maximum atomic E-state index is 12.3. The van der Waals surface area contributed by atoms with Gasteiger partial charge in [0.05, 0.1) is 7.11 Å². The monoisotopic (exact) mass is 306 g/mol. The van der Waals surface area contributed by atoms with Gasteiger partial charge in [0.15, 0.2) is 0 Å². The molecule has 22 heavy (non-hydrogen) atoms. The van der Waals surface area contributed by atoms with Crippen molar-refractivity contribution in [1.29, 1.82) is 0 Å². The fourth-order valence-corrected chi connectivity index (χ4v) is 3.33. The molecule has 0 N–H and O–H groups in total. The minimum atomic E-state index is -0.317. The van der Waals surface area contributed by atoms with Crippen LogP contribution in [0, 0.1) is 0 Å². The first-order chi connectivity index (χ1) is 10.7. The van der Waals surface area contributed by atoms with Crippen molar-refractivity contribution in [1.82, 2.24) is 9.47 Å². The van der Waals surface area contributed by atoms with Crippen LogP contribution >= 0.6 is 0 Å². The fraction of sp³-hybridized carbons (Fsp3) is 0.625. The van der Waals surface area contributed by atoms with Gasteiger partial charge in [-0.05, 0) is 37.8 Å². The lowest BCUT2D eigenvalue weighted by Crippen LogP contribution is -2.44. The van der Waals surface area contributed by atoms with E-state index in [-0.39, 0.29) is 24.0 Å². The summed E-state index contributed by atoms with van der Waals surface area (Å²) in [6, 6.07) is 3.86. The molecule has 120 valence electrons. The van der Waals surface area contributed by atoms with Crippen LogP contribution in [0.4, 0.5) is 0 Å². The highest BCUT2D eigenvalue weighted by Crippen LogP contribution is 2.26. The van der Waals surface area contributed by atoms with Crippen LogP contribution in [0.25, 0.3) is 0 Å². The Labute approximate surface area is 130 Å². The molecule has 1 aromatic heterocycles. The predicted octanol–water partition coefficient (Wildman–Crippen LogP) is 1.62. The summed E-state index contributed by atoms with van der Waals surface area (Å²) < 4.78 is 12.3. The van der Waals surface area contributed by atoms with Gasteiger partial charge in [0.1, 0.15) is 11.8 Å². The number of hydrogen-bond donors (Lipinski definition) is 0. The van der Waals surface area contributed by atoms with Crippen LogP contribution in [0.2, 0.25) is 0 Å². The molecule has 6 heteroatoms. The summed E-state index contributed by atoms with van der Waals surface area (Å²) in [4.78, 5) is 26.0. The summed E-state index contributed by atoms with van der Waals surface area (Å²) in [6.07, 6.45) is 5.17. The molecule has 0 radical (unpaired) electrons. The number of carbonyl (C=O) groups excluding carboxylic acids is 2. The minimum absolute atomic E-state index is 0.122. The number of amides is 1. The first-order valence-electron chi connectivity index (χ1n) is 7.86. The Hall–Kier alpha value is -1.82. The Morgan fingerprint density at radius 1 is 1.27 bits per heavy atom. The Morgan fingerprint density at radius 3 is 2.68 bits per heavy atom. The van der Waals surface area contributed by atoms with Gasteiger partial charge < -0.3 is 18.9 Å². The van der Waals surface area contributed by atoms with Crippen molar-refractivity contribution >= 4 is 11.9 Å². The standard InChI is InChI=1S/C16H22N2O4/c1-21-16(20)13-4-2-8-18(13)12-6-9-17(10-7-12)15(19)14-5-3-11-22-14/h2,4,8,12,14H,3,5-7,9-11H2,1H3/t14-/m0/s1. The maximum absolute atomic E-state index is 12.3. The van der Waals surface area contributed by atoms with Crippen molar-refractivity contribution in [2.24, 2.45) is 0 Å². The molecule has 1 amide bonds. The van der Waals surface area contributed by atoms with Crippen molar-refractivity contribution in [3.05, 3.63) is 24.0 Å². The quantitative estimate of drug-likeness (QED) is 0.796. The first-order valence-corrected chi connectivity index (χ1v) is 7.86. The number of piperidine rings is 1. The van der Waals surface area contributed by atoms with Crippen molar-refractivity contribution in [2.75, 3.05) is 26.8 Å². The van der Waals surface area contributed by atoms with Crippen LogP contribution in [-0.4, -0.2) is 54.3 Å². The summed E-state index contributed by atoms with van der Waals surface area (Å²) in [5.74, 6) is -0.195. The summed E-state index contributed by atoms with van der Waals surface area (Å²) in [7, 11) is 1.39. The average Bonchev–Trinajstić information content (AvgIpc) is 3.25.